The quantitative estimate of drug-likeness (QED) is 0.398. The van der Waals surface area contributed by atoms with E-state index >= 15 is 0 Å². The molecule has 0 bridgehead atoms. The van der Waals surface area contributed by atoms with Crippen LogP contribution in [0.5, 0.6) is 0 Å². The normalized spacial score (nSPS) is 13.1. The van der Waals surface area contributed by atoms with Gasteiger partial charge in [0.2, 0.25) is 5.95 Å². The van der Waals surface area contributed by atoms with Crippen molar-refractivity contribution in [3.05, 3.63) is 71.4 Å². The number of nitrogens with one attached hydrogen (secondary N) is 1. The Morgan fingerprint density at radius 2 is 2.08 bits per heavy atom. The molecule has 0 spiro atoms. The zero-order valence-electron chi connectivity index (χ0n) is 20.0. The third-order valence-electron chi connectivity index (χ3n) is 6.20. The van der Waals surface area contributed by atoms with Crippen LogP contribution >= 0.6 is 0 Å². The number of nitrogens with zero attached hydrogens (tertiary/aromatic N) is 7. The molecule has 1 aliphatic rings. The molecule has 0 fully saturated rings. The standard InChI is InChI=1S/C25H26N8O3/c1-4-21(35)33-9-8-32(19-7-5-6-16(2)22(19)33)20-12-17-13-26-25(29-23(17)30(3)24(20)36)28-18-14-27-31(15-18)10-11-34/h4-7,12-15,34H,1,8-11H2,2-3H3,(H,26,28,29). The molecule has 4 aromatic rings. The maximum Gasteiger partial charge on any atom is 0.275 e. The number of benzene rings is 1. The number of aliphatic hydroxyl groups excluding tert-OH is 1. The van der Waals surface area contributed by atoms with Gasteiger partial charge in [0, 0.05) is 37.9 Å². The van der Waals surface area contributed by atoms with Crippen molar-refractivity contribution < 1.29 is 9.90 Å². The lowest BCUT2D eigenvalue weighted by Gasteiger charge is -2.38. The molecule has 3 aromatic heterocycles. The van der Waals surface area contributed by atoms with Gasteiger partial charge in [0.15, 0.2) is 0 Å². The van der Waals surface area contributed by atoms with Gasteiger partial charge in [-0.25, -0.2) is 4.98 Å². The van der Waals surface area contributed by atoms with Crippen molar-refractivity contribution in [3.63, 3.8) is 0 Å². The number of fused-ring (bicyclic) bond motifs is 2. The molecule has 0 radical (unpaired) electrons. The summed E-state index contributed by atoms with van der Waals surface area (Å²) in [5, 5.41) is 17.0. The zero-order valence-corrected chi connectivity index (χ0v) is 20.0. The summed E-state index contributed by atoms with van der Waals surface area (Å²) in [5.41, 5.74) is 3.92. The molecule has 1 aliphatic heterocycles. The SMILES string of the molecule is C=CC(=O)N1CCN(c2cc3cnc(Nc4cnn(CCO)c4)nc3n(C)c2=O)c2cccc(C)c21. The summed E-state index contributed by atoms with van der Waals surface area (Å²) in [5.74, 6) is 0.151. The fourth-order valence-corrected chi connectivity index (χ4v) is 4.49. The number of pyridine rings is 1. The molecule has 184 valence electrons. The van der Waals surface area contributed by atoms with Crippen LogP contribution in [0.2, 0.25) is 0 Å². The van der Waals surface area contributed by atoms with Gasteiger partial charge in [-0.2, -0.15) is 10.1 Å². The minimum atomic E-state index is -0.209. The molecule has 0 saturated carbocycles. The number of anilines is 5. The number of amides is 1. The molecule has 36 heavy (non-hydrogen) atoms. The highest BCUT2D eigenvalue weighted by Crippen LogP contribution is 2.39. The Kier molecular flexibility index (Phi) is 5.98. The van der Waals surface area contributed by atoms with Crippen LogP contribution in [0, 0.1) is 6.92 Å². The fraction of sp³-hybridized carbons (Fsp3) is 0.240. The highest BCUT2D eigenvalue weighted by Gasteiger charge is 2.29. The molecule has 5 rings (SSSR count). The summed E-state index contributed by atoms with van der Waals surface area (Å²) < 4.78 is 3.11. The van der Waals surface area contributed by atoms with Gasteiger partial charge in [0.05, 0.1) is 36.4 Å². The van der Waals surface area contributed by atoms with Gasteiger partial charge >= 0.3 is 0 Å². The molecular formula is C25H26N8O3. The first-order chi connectivity index (χ1) is 17.4. The number of aromatic nitrogens is 5. The molecule has 1 amide bonds. The van der Waals surface area contributed by atoms with Crippen molar-refractivity contribution in [2.45, 2.75) is 13.5 Å². The fourth-order valence-electron chi connectivity index (χ4n) is 4.49. The molecule has 0 unspecified atom stereocenters. The summed E-state index contributed by atoms with van der Waals surface area (Å²) in [6.45, 7) is 6.82. The van der Waals surface area contributed by atoms with Gasteiger partial charge in [-0.1, -0.05) is 18.7 Å². The highest BCUT2D eigenvalue weighted by molar-refractivity contribution is 6.05. The Bertz CT molecular complexity index is 1540. The van der Waals surface area contributed by atoms with Gasteiger partial charge in [-0.3, -0.25) is 18.8 Å². The number of aliphatic hydroxyl groups is 1. The highest BCUT2D eigenvalue weighted by atomic mass is 16.3. The average Bonchev–Trinajstić information content (AvgIpc) is 3.32. The third kappa shape index (κ3) is 3.99. The van der Waals surface area contributed by atoms with E-state index in [0.29, 0.717) is 48.0 Å². The van der Waals surface area contributed by atoms with E-state index in [1.807, 2.05) is 30.0 Å². The van der Waals surface area contributed by atoms with Crippen LogP contribution in [0.4, 0.5) is 28.7 Å². The molecule has 2 N–H and O–H groups in total. The van der Waals surface area contributed by atoms with Crippen molar-refractivity contribution in [1.82, 2.24) is 24.3 Å². The van der Waals surface area contributed by atoms with Crippen LogP contribution in [0.1, 0.15) is 5.56 Å². The van der Waals surface area contributed by atoms with E-state index in [-0.39, 0.29) is 18.1 Å². The predicted molar refractivity (Wildman–Crippen MR) is 138 cm³/mol. The topological polar surface area (TPSA) is 121 Å². The zero-order chi connectivity index (χ0) is 25.4. The van der Waals surface area contributed by atoms with E-state index in [1.165, 1.54) is 10.6 Å². The van der Waals surface area contributed by atoms with E-state index in [9.17, 15) is 9.59 Å². The second kappa shape index (κ2) is 9.27. The second-order valence-electron chi connectivity index (χ2n) is 8.50. The molecular weight excluding hydrogens is 460 g/mol. The van der Waals surface area contributed by atoms with E-state index in [2.05, 4.69) is 27.0 Å². The van der Waals surface area contributed by atoms with E-state index in [4.69, 9.17) is 5.11 Å². The first-order valence-corrected chi connectivity index (χ1v) is 11.5. The second-order valence-corrected chi connectivity index (χ2v) is 8.50. The van der Waals surface area contributed by atoms with Crippen molar-refractivity contribution in [2.75, 3.05) is 34.8 Å². The number of carbonyl (C=O) groups is 1. The summed E-state index contributed by atoms with van der Waals surface area (Å²) in [6, 6.07) is 7.56. The van der Waals surface area contributed by atoms with Crippen molar-refractivity contribution in [3.8, 4) is 0 Å². The van der Waals surface area contributed by atoms with E-state index < -0.39 is 0 Å². The largest absolute Gasteiger partial charge is 0.394 e. The lowest BCUT2D eigenvalue weighted by atomic mass is 10.1. The van der Waals surface area contributed by atoms with Gasteiger partial charge in [0.1, 0.15) is 11.3 Å². The summed E-state index contributed by atoms with van der Waals surface area (Å²) in [6.07, 6.45) is 6.32. The van der Waals surface area contributed by atoms with Gasteiger partial charge in [-0.05, 0) is 30.7 Å². The Labute approximate surface area is 206 Å². The number of aryl methyl sites for hydroxylation is 2. The minimum absolute atomic E-state index is 0.0122. The minimum Gasteiger partial charge on any atom is -0.394 e. The Morgan fingerprint density at radius 3 is 2.86 bits per heavy atom. The Balaban J connectivity index is 1.54. The van der Waals surface area contributed by atoms with E-state index in [0.717, 1.165) is 16.9 Å². The summed E-state index contributed by atoms with van der Waals surface area (Å²) in [7, 11) is 1.68. The van der Waals surface area contributed by atoms with Gasteiger partial charge in [-0.15, -0.1) is 0 Å². The molecule has 11 nitrogen and oxygen atoms in total. The number of rotatable bonds is 6. The smallest absolute Gasteiger partial charge is 0.275 e. The molecule has 0 atom stereocenters. The third-order valence-corrected chi connectivity index (χ3v) is 6.20. The van der Waals surface area contributed by atoms with Crippen LogP contribution in [-0.2, 0) is 18.4 Å². The molecule has 0 saturated heterocycles. The maximum absolute atomic E-state index is 13.5. The van der Waals surface area contributed by atoms with Crippen LogP contribution < -0.4 is 20.7 Å². The van der Waals surface area contributed by atoms with Gasteiger partial charge < -0.3 is 20.2 Å². The van der Waals surface area contributed by atoms with E-state index in [1.54, 1.807) is 41.3 Å². The first-order valence-electron chi connectivity index (χ1n) is 11.5. The molecule has 1 aromatic carbocycles. The van der Waals surface area contributed by atoms with Crippen molar-refractivity contribution in [1.29, 1.82) is 0 Å². The summed E-state index contributed by atoms with van der Waals surface area (Å²) in [4.78, 5) is 38.6. The predicted octanol–water partition coefficient (Wildman–Crippen LogP) is 2.24. The monoisotopic (exact) mass is 486 g/mol. The average molecular weight is 487 g/mol. The van der Waals surface area contributed by atoms with Gasteiger partial charge in [0.25, 0.3) is 11.5 Å². The van der Waals surface area contributed by atoms with Crippen LogP contribution in [-0.4, -0.2) is 55.0 Å². The maximum atomic E-state index is 13.5. The van der Waals surface area contributed by atoms with Crippen LogP contribution in [0.25, 0.3) is 11.0 Å². The van der Waals surface area contributed by atoms with Crippen molar-refractivity contribution in [2.24, 2.45) is 7.05 Å². The lowest BCUT2D eigenvalue weighted by Crippen LogP contribution is -2.43. The number of para-hydroxylation sites is 1. The van der Waals surface area contributed by atoms with Crippen molar-refractivity contribution >= 4 is 45.6 Å². The number of hydrogen-bond acceptors (Lipinski definition) is 8. The Morgan fingerprint density at radius 1 is 1.25 bits per heavy atom. The first kappa shape index (κ1) is 23.2. The number of hydrogen-bond donors (Lipinski definition) is 2. The summed E-state index contributed by atoms with van der Waals surface area (Å²) >= 11 is 0. The number of carbonyl (C=O) groups excluding carboxylic acids is 1. The molecule has 4 heterocycles. The molecule has 0 aliphatic carbocycles. The molecule has 11 heteroatoms. The Hall–Kier alpha value is -4.51. The van der Waals surface area contributed by atoms with Crippen LogP contribution in [0.15, 0.2) is 60.3 Å². The van der Waals surface area contributed by atoms with Crippen LogP contribution in [0.3, 0.4) is 0 Å². The lowest BCUT2D eigenvalue weighted by molar-refractivity contribution is -0.114.